The van der Waals surface area contributed by atoms with E-state index in [0.29, 0.717) is 23.6 Å². The van der Waals surface area contributed by atoms with Gasteiger partial charge in [-0.05, 0) is 12.1 Å². The topological polar surface area (TPSA) is 90.7 Å². The Morgan fingerprint density at radius 2 is 2.00 bits per heavy atom. The van der Waals surface area contributed by atoms with Crippen LogP contribution in [0.4, 0.5) is 11.4 Å². The van der Waals surface area contributed by atoms with Crippen molar-refractivity contribution in [2.24, 2.45) is 0 Å². The molecule has 0 bridgehead atoms. The highest BCUT2D eigenvalue weighted by atomic mass is 16.7. The van der Waals surface area contributed by atoms with E-state index in [1.165, 1.54) is 18.2 Å². The molecule has 1 heterocycles. The third-order valence-corrected chi connectivity index (χ3v) is 3.43. The fraction of sp³-hybridized carbons (Fsp3) is 0.188. The Hall–Kier alpha value is -3.09. The van der Waals surface area contributed by atoms with Gasteiger partial charge in [0.2, 0.25) is 6.79 Å². The van der Waals surface area contributed by atoms with Crippen LogP contribution >= 0.6 is 0 Å². The lowest BCUT2D eigenvalue weighted by Crippen LogP contribution is -2.09. The van der Waals surface area contributed by atoms with Crippen molar-refractivity contribution < 1.29 is 19.2 Å². The van der Waals surface area contributed by atoms with Gasteiger partial charge in [-0.25, -0.2) is 0 Å². The Labute approximate surface area is 132 Å². The lowest BCUT2D eigenvalue weighted by Gasteiger charge is -2.07. The zero-order valence-corrected chi connectivity index (χ0v) is 12.2. The predicted molar refractivity (Wildman–Crippen MR) is 83.1 cm³/mol. The van der Waals surface area contributed by atoms with Crippen molar-refractivity contribution in [3.05, 3.63) is 58.1 Å². The van der Waals surface area contributed by atoms with Crippen LogP contribution in [0.2, 0.25) is 0 Å². The number of ketones is 1. The van der Waals surface area contributed by atoms with Gasteiger partial charge in [-0.3, -0.25) is 14.9 Å². The maximum atomic E-state index is 12.1. The summed E-state index contributed by atoms with van der Waals surface area (Å²) in [7, 11) is 0. The second-order valence-electron chi connectivity index (χ2n) is 4.98. The first-order valence-corrected chi connectivity index (χ1v) is 7.04. The molecule has 0 aromatic heterocycles. The fourth-order valence-corrected chi connectivity index (χ4v) is 2.26. The van der Waals surface area contributed by atoms with E-state index in [-0.39, 0.29) is 24.7 Å². The largest absolute Gasteiger partial charge is 0.454 e. The average molecular weight is 314 g/mol. The van der Waals surface area contributed by atoms with E-state index in [0.717, 1.165) is 5.69 Å². The second kappa shape index (κ2) is 6.35. The molecule has 1 N–H and O–H groups in total. The van der Waals surface area contributed by atoms with E-state index in [9.17, 15) is 14.9 Å². The number of benzene rings is 2. The van der Waals surface area contributed by atoms with Gasteiger partial charge in [0.1, 0.15) is 0 Å². The number of hydrogen-bond acceptors (Lipinski definition) is 6. The highest BCUT2D eigenvalue weighted by molar-refractivity contribution is 5.96. The van der Waals surface area contributed by atoms with Gasteiger partial charge in [-0.2, -0.15) is 0 Å². The van der Waals surface area contributed by atoms with Crippen molar-refractivity contribution in [2.45, 2.75) is 6.42 Å². The van der Waals surface area contributed by atoms with Crippen LogP contribution in [0.25, 0.3) is 0 Å². The number of fused-ring (bicyclic) bond motifs is 1. The molecule has 2 aromatic rings. The van der Waals surface area contributed by atoms with Gasteiger partial charge in [-0.15, -0.1) is 0 Å². The molecule has 3 rings (SSSR count). The van der Waals surface area contributed by atoms with Crippen LogP contribution in [0.1, 0.15) is 16.8 Å². The van der Waals surface area contributed by atoms with Crippen molar-refractivity contribution in [3.8, 4) is 11.5 Å². The smallest absolute Gasteiger partial charge is 0.270 e. The number of nitrogens with one attached hydrogen (secondary N) is 1. The van der Waals surface area contributed by atoms with E-state index in [4.69, 9.17) is 9.47 Å². The van der Waals surface area contributed by atoms with Gasteiger partial charge in [0.15, 0.2) is 17.3 Å². The number of Topliss-reactive ketones (excluding diaryl/α,β-unsaturated/α-hetero) is 1. The van der Waals surface area contributed by atoms with E-state index in [1.54, 1.807) is 18.2 Å². The molecule has 2 aromatic carbocycles. The molecule has 7 nitrogen and oxygen atoms in total. The van der Waals surface area contributed by atoms with Crippen molar-refractivity contribution in [1.29, 1.82) is 0 Å². The molecule has 118 valence electrons. The second-order valence-corrected chi connectivity index (χ2v) is 4.98. The molecule has 0 spiro atoms. The van der Waals surface area contributed by atoms with Gasteiger partial charge in [0.25, 0.3) is 5.69 Å². The van der Waals surface area contributed by atoms with Gasteiger partial charge < -0.3 is 14.8 Å². The zero-order chi connectivity index (χ0) is 16.2. The van der Waals surface area contributed by atoms with Crippen LogP contribution in [-0.2, 0) is 0 Å². The van der Waals surface area contributed by atoms with E-state index >= 15 is 0 Å². The lowest BCUT2D eigenvalue weighted by atomic mass is 10.1. The van der Waals surface area contributed by atoms with Gasteiger partial charge in [0.05, 0.1) is 4.92 Å². The summed E-state index contributed by atoms with van der Waals surface area (Å²) in [5, 5.41) is 13.8. The predicted octanol–water partition coefficient (Wildman–Crippen LogP) is 3.01. The molecule has 0 unspecified atom stereocenters. The highest BCUT2D eigenvalue weighted by Crippen LogP contribution is 2.34. The number of non-ortho nitro benzene ring substituents is 1. The number of nitro groups is 1. The van der Waals surface area contributed by atoms with Crippen LogP contribution < -0.4 is 14.8 Å². The Morgan fingerprint density at radius 1 is 1.17 bits per heavy atom. The molecule has 0 radical (unpaired) electrons. The monoisotopic (exact) mass is 314 g/mol. The average Bonchev–Trinajstić information content (AvgIpc) is 3.02. The standard InChI is InChI=1S/C16H14N2O5/c19-14(11-2-1-3-13(8-11)18(20)21)6-7-17-12-4-5-15-16(9-12)23-10-22-15/h1-5,8-9,17H,6-7,10H2. The van der Waals surface area contributed by atoms with Gasteiger partial charge in [0, 0.05) is 42.4 Å². The Morgan fingerprint density at radius 3 is 2.83 bits per heavy atom. The number of ether oxygens (including phenoxy) is 2. The minimum atomic E-state index is -0.512. The number of rotatable bonds is 6. The summed E-state index contributed by atoms with van der Waals surface area (Å²) in [4.78, 5) is 22.3. The molecule has 0 amide bonds. The molecule has 0 fully saturated rings. The quantitative estimate of drug-likeness (QED) is 0.501. The maximum absolute atomic E-state index is 12.1. The molecule has 1 aliphatic heterocycles. The Kier molecular flexibility index (Phi) is 4.09. The summed E-state index contributed by atoms with van der Waals surface area (Å²) in [6, 6.07) is 11.2. The molecule has 23 heavy (non-hydrogen) atoms. The van der Waals surface area contributed by atoms with E-state index < -0.39 is 4.92 Å². The lowest BCUT2D eigenvalue weighted by molar-refractivity contribution is -0.384. The third-order valence-electron chi connectivity index (χ3n) is 3.43. The molecule has 0 saturated heterocycles. The van der Waals surface area contributed by atoms with Crippen molar-refractivity contribution >= 4 is 17.2 Å². The minimum absolute atomic E-state index is 0.0837. The Balaban J connectivity index is 1.57. The van der Waals surface area contributed by atoms with Gasteiger partial charge in [-0.1, -0.05) is 12.1 Å². The minimum Gasteiger partial charge on any atom is -0.454 e. The summed E-state index contributed by atoms with van der Waals surface area (Å²) in [5.41, 5.74) is 1.08. The van der Waals surface area contributed by atoms with Crippen LogP contribution in [0, 0.1) is 10.1 Å². The summed E-state index contributed by atoms with van der Waals surface area (Å²) in [6.45, 7) is 0.630. The fourth-order valence-electron chi connectivity index (χ4n) is 2.26. The summed E-state index contributed by atoms with van der Waals surface area (Å²) < 4.78 is 10.5. The van der Waals surface area contributed by atoms with Crippen LogP contribution in [0.15, 0.2) is 42.5 Å². The number of anilines is 1. The third kappa shape index (κ3) is 3.39. The van der Waals surface area contributed by atoms with Gasteiger partial charge >= 0.3 is 0 Å². The summed E-state index contributed by atoms with van der Waals surface area (Å²) in [6.07, 6.45) is 0.232. The Bertz CT molecular complexity index is 760. The molecule has 7 heteroatoms. The van der Waals surface area contributed by atoms with Crippen molar-refractivity contribution in [2.75, 3.05) is 18.7 Å². The molecular weight excluding hydrogens is 300 g/mol. The maximum Gasteiger partial charge on any atom is 0.270 e. The van der Waals surface area contributed by atoms with E-state index in [2.05, 4.69) is 5.32 Å². The number of nitrogens with zero attached hydrogens (tertiary/aromatic N) is 1. The first-order chi connectivity index (χ1) is 11.1. The van der Waals surface area contributed by atoms with Crippen LogP contribution in [-0.4, -0.2) is 24.0 Å². The molecule has 0 aliphatic carbocycles. The SMILES string of the molecule is O=C(CCNc1ccc2c(c1)OCO2)c1cccc([N+](=O)[O-])c1. The highest BCUT2D eigenvalue weighted by Gasteiger charge is 2.14. The van der Waals surface area contributed by atoms with Crippen molar-refractivity contribution in [3.63, 3.8) is 0 Å². The van der Waals surface area contributed by atoms with E-state index in [1.807, 2.05) is 6.07 Å². The first-order valence-electron chi connectivity index (χ1n) is 7.04. The number of carbonyl (C=O) groups excluding carboxylic acids is 1. The van der Waals surface area contributed by atoms with Crippen LogP contribution in [0.5, 0.6) is 11.5 Å². The summed E-state index contributed by atoms with van der Waals surface area (Å²) >= 11 is 0. The molecular formula is C16H14N2O5. The normalized spacial score (nSPS) is 12.0. The summed E-state index contributed by atoms with van der Waals surface area (Å²) in [5.74, 6) is 1.21. The number of nitro benzene ring substituents is 1. The molecule has 0 atom stereocenters. The van der Waals surface area contributed by atoms with Crippen LogP contribution in [0.3, 0.4) is 0 Å². The number of hydrogen-bond donors (Lipinski definition) is 1. The first kappa shape index (κ1) is 14.8. The molecule has 0 saturated carbocycles. The van der Waals surface area contributed by atoms with Crippen molar-refractivity contribution in [1.82, 2.24) is 0 Å². The number of carbonyl (C=O) groups is 1. The zero-order valence-electron chi connectivity index (χ0n) is 12.2. The molecule has 1 aliphatic rings.